The van der Waals surface area contributed by atoms with Crippen LogP contribution in [0.3, 0.4) is 0 Å². The summed E-state index contributed by atoms with van der Waals surface area (Å²) in [5.41, 5.74) is 4.16. The van der Waals surface area contributed by atoms with Crippen molar-refractivity contribution in [3.8, 4) is 0 Å². The Kier molecular flexibility index (Phi) is 3.67. The molecule has 0 radical (unpaired) electrons. The molecule has 26 heavy (non-hydrogen) atoms. The molecule has 3 heterocycles. The Labute approximate surface area is 153 Å². The lowest BCUT2D eigenvalue weighted by Gasteiger charge is -2.46. The van der Waals surface area contributed by atoms with Crippen LogP contribution in [0, 0.1) is 11.8 Å². The number of likely N-dealkylation sites (N-methyl/N-ethyl adjacent to an activating group) is 1. The van der Waals surface area contributed by atoms with Crippen LogP contribution in [0.25, 0.3) is 10.9 Å². The van der Waals surface area contributed by atoms with Gasteiger partial charge in [-0.05, 0) is 55.3 Å². The zero-order chi connectivity index (χ0) is 17.8. The monoisotopic (exact) mass is 351 g/mol. The number of carbonyl (C=O) groups excluding carboxylic acids is 2. The molecule has 1 aromatic carbocycles. The number of H-pyrrole nitrogens is 1. The smallest absolute Gasteiger partial charge is 0.226 e. The first-order valence-electron chi connectivity index (χ1n) is 9.70. The number of hydrogen-bond donors (Lipinski definition) is 2. The maximum Gasteiger partial charge on any atom is 0.226 e. The van der Waals surface area contributed by atoms with Crippen LogP contribution in [0.2, 0.25) is 0 Å². The fourth-order valence-electron chi connectivity index (χ4n) is 5.72. The van der Waals surface area contributed by atoms with Crippen LogP contribution >= 0.6 is 0 Å². The van der Waals surface area contributed by atoms with Crippen LogP contribution in [-0.2, 0) is 16.0 Å². The second-order valence-electron chi connectivity index (χ2n) is 8.48. The lowest BCUT2D eigenvalue weighted by Crippen LogP contribution is -2.48. The van der Waals surface area contributed by atoms with Gasteiger partial charge >= 0.3 is 0 Å². The number of fused-ring (bicyclic) bond motifs is 2. The highest BCUT2D eigenvalue weighted by Crippen LogP contribution is 2.45. The number of benzene rings is 1. The second kappa shape index (κ2) is 5.95. The molecule has 5 heteroatoms. The highest BCUT2D eigenvalue weighted by atomic mass is 16.2. The summed E-state index contributed by atoms with van der Waals surface area (Å²) in [6, 6.07) is 7.17. The Bertz CT molecular complexity index is 871. The summed E-state index contributed by atoms with van der Waals surface area (Å²) >= 11 is 0. The topological polar surface area (TPSA) is 65.2 Å². The van der Waals surface area contributed by atoms with Crippen molar-refractivity contribution in [2.45, 2.75) is 44.1 Å². The van der Waals surface area contributed by atoms with E-state index >= 15 is 0 Å². The van der Waals surface area contributed by atoms with Crippen molar-refractivity contribution >= 4 is 22.7 Å². The molecule has 0 spiro atoms. The first kappa shape index (κ1) is 16.1. The molecule has 2 amide bonds. The number of imide groups is 1. The molecule has 136 valence electrons. The van der Waals surface area contributed by atoms with Gasteiger partial charge < -0.3 is 9.88 Å². The molecule has 3 aliphatic rings. The number of aromatic nitrogens is 1. The number of rotatable bonds is 2. The van der Waals surface area contributed by atoms with E-state index in [-0.39, 0.29) is 17.7 Å². The van der Waals surface area contributed by atoms with Gasteiger partial charge in [-0.3, -0.25) is 14.9 Å². The van der Waals surface area contributed by atoms with E-state index in [0.717, 1.165) is 25.8 Å². The molecule has 2 N–H and O–H groups in total. The second-order valence-corrected chi connectivity index (χ2v) is 8.48. The summed E-state index contributed by atoms with van der Waals surface area (Å²) in [7, 11) is 2.24. The molecule has 2 fully saturated rings. The van der Waals surface area contributed by atoms with Gasteiger partial charge in [0.25, 0.3) is 0 Å². The molecule has 1 aromatic heterocycles. The van der Waals surface area contributed by atoms with Gasteiger partial charge in [0.1, 0.15) is 0 Å². The molecule has 3 atom stereocenters. The standard InChI is InChI=1S/C21H25N3O2/c1-24-11-13(5-12-7-19(25)23-20(26)8-12)6-16-15-3-2-4-17-21(15)14(10-22-17)9-18(16)24/h2-4,10,12-13,16,18,22H,5-9,11H2,1H3,(H,23,25,26)/t13-,16?,18-/m1/s1. The van der Waals surface area contributed by atoms with E-state index in [9.17, 15) is 9.59 Å². The highest BCUT2D eigenvalue weighted by molar-refractivity contribution is 5.97. The molecule has 0 bridgehead atoms. The summed E-state index contributed by atoms with van der Waals surface area (Å²) < 4.78 is 0. The van der Waals surface area contributed by atoms with E-state index in [2.05, 4.69) is 46.6 Å². The first-order valence-corrected chi connectivity index (χ1v) is 9.70. The molecule has 0 saturated carbocycles. The van der Waals surface area contributed by atoms with E-state index in [1.807, 2.05) is 0 Å². The minimum absolute atomic E-state index is 0.104. The highest BCUT2D eigenvalue weighted by Gasteiger charge is 2.40. The molecule has 1 unspecified atom stereocenters. The number of aromatic amines is 1. The van der Waals surface area contributed by atoms with Gasteiger partial charge in [-0.1, -0.05) is 12.1 Å². The number of amides is 2. The van der Waals surface area contributed by atoms with Crippen LogP contribution in [0.1, 0.15) is 42.7 Å². The van der Waals surface area contributed by atoms with Crippen LogP contribution in [0.4, 0.5) is 0 Å². The maximum absolute atomic E-state index is 11.7. The van der Waals surface area contributed by atoms with E-state index in [4.69, 9.17) is 0 Å². The number of nitrogens with zero attached hydrogens (tertiary/aromatic N) is 1. The predicted molar refractivity (Wildman–Crippen MR) is 99.8 cm³/mol. The average Bonchev–Trinajstić information content (AvgIpc) is 3.00. The van der Waals surface area contributed by atoms with Crippen molar-refractivity contribution in [2.24, 2.45) is 11.8 Å². The Balaban J connectivity index is 1.41. The van der Waals surface area contributed by atoms with Crippen molar-refractivity contribution in [3.05, 3.63) is 35.5 Å². The third-order valence-electron chi connectivity index (χ3n) is 6.71. The SMILES string of the molecule is CN1C[C@H](CC2CC(=O)NC(=O)C2)CC2c3cccc4[nH]cc(c34)C[C@H]21. The zero-order valence-corrected chi connectivity index (χ0v) is 15.1. The number of piperidine rings is 2. The molecule has 5 rings (SSSR count). The third kappa shape index (κ3) is 2.57. The Morgan fingerprint density at radius 3 is 2.73 bits per heavy atom. The summed E-state index contributed by atoms with van der Waals surface area (Å²) in [5, 5.41) is 3.86. The predicted octanol–water partition coefficient (Wildman–Crippen LogP) is 2.57. The summed E-state index contributed by atoms with van der Waals surface area (Å²) in [6.07, 6.45) is 6.41. The molecule has 2 saturated heterocycles. The molecule has 2 aliphatic heterocycles. The van der Waals surface area contributed by atoms with Crippen molar-refractivity contribution in [3.63, 3.8) is 0 Å². The third-order valence-corrected chi connectivity index (χ3v) is 6.71. The van der Waals surface area contributed by atoms with Gasteiger partial charge in [0.15, 0.2) is 0 Å². The first-order chi connectivity index (χ1) is 12.6. The van der Waals surface area contributed by atoms with E-state index < -0.39 is 0 Å². The Hall–Kier alpha value is -2.14. The fourth-order valence-corrected chi connectivity index (χ4v) is 5.72. The molecular weight excluding hydrogens is 326 g/mol. The number of carbonyl (C=O) groups is 2. The largest absolute Gasteiger partial charge is 0.361 e. The molecular formula is C21H25N3O2. The number of hydrogen-bond acceptors (Lipinski definition) is 3. The van der Waals surface area contributed by atoms with Crippen molar-refractivity contribution in [2.75, 3.05) is 13.6 Å². The van der Waals surface area contributed by atoms with Crippen LogP contribution in [-0.4, -0.2) is 41.3 Å². The quantitative estimate of drug-likeness (QED) is 0.818. The van der Waals surface area contributed by atoms with Crippen LogP contribution < -0.4 is 5.32 Å². The van der Waals surface area contributed by atoms with Gasteiger partial charge in [0.2, 0.25) is 11.8 Å². The van der Waals surface area contributed by atoms with Gasteiger partial charge in [-0.25, -0.2) is 0 Å². The maximum atomic E-state index is 11.7. The molecule has 1 aliphatic carbocycles. The fraction of sp³-hybridized carbons (Fsp3) is 0.524. The van der Waals surface area contributed by atoms with E-state index in [0.29, 0.717) is 30.7 Å². The van der Waals surface area contributed by atoms with Crippen molar-refractivity contribution in [1.82, 2.24) is 15.2 Å². The van der Waals surface area contributed by atoms with Gasteiger partial charge in [-0.15, -0.1) is 0 Å². The van der Waals surface area contributed by atoms with Crippen LogP contribution in [0.5, 0.6) is 0 Å². The molecule has 2 aromatic rings. The summed E-state index contributed by atoms with van der Waals surface area (Å²) in [5.74, 6) is 1.08. The normalized spacial score (nSPS) is 29.7. The van der Waals surface area contributed by atoms with Gasteiger partial charge in [-0.2, -0.15) is 0 Å². The number of nitrogens with one attached hydrogen (secondary N) is 2. The lowest BCUT2D eigenvalue weighted by atomic mass is 9.70. The van der Waals surface area contributed by atoms with Crippen LogP contribution in [0.15, 0.2) is 24.4 Å². The molecule has 5 nitrogen and oxygen atoms in total. The van der Waals surface area contributed by atoms with Crippen molar-refractivity contribution < 1.29 is 9.59 Å². The summed E-state index contributed by atoms with van der Waals surface area (Å²) in [4.78, 5) is 29.4. The van der Waals surface area contributed by atoms with E-state index in [1.165, 1.54) is 22.0 Å². The number of likely N-dealkylation sites (tertiary alicyclic amines) is 1. The van der Waals surface area contributed by atoms with Crippen molar-refractivity contribution in [1.29, 1.82) is 0 Å². The zero-order valence-electron chi connectivity index (χ0n) is 15.1. The van der Waals surface area contributed by atoms with Gasteiger partial charge in [0, 0.05) is 48.4 Å². The van der Waals surface area contributed by atoms with Gasteiger partial charge in [0.05, 0.1) is 0 Å². The Morgan fingerprint density at radius 2 is 1.92 bits per heavy atom. The van der Waals surface area contributed by atoms with E-state index in [1.54, 1.807) is 0 Å². The minimum atomic E-state index is -0.104. The summed E-state index contributed by atoms with van der Waals surface area (Å²) in [6.45, 7) is 1.06. The minimum Gasteiger partial charge on any atom is -0.361 e. The Morgan fingerprint density at radius 1 is 1.12 bits per heavy atom. The lowest BCUT2D eigenvalue weighted by molar-refractivity contribution is -0.135. The average molecular weight is 351 g/mol.